The first kappa shape index (κ1) is 12.5. The molecule has 0 aliphatic heterocycles. The molecular formula is C8H11N3O4S. The van der Waals surface area contributed by atoms with Crippen molar-refractivity contribution in [2.24, 2.45) is 0 Å². The summed E-state index contributed by atoms with van der Waals surface area (Å²) < 4.78 is 32.4. The Morgan fingerprint density at radius 1 is 1.62 bits per heavy atom. The zero-order chi connectivity index (χ0) is 12.2. The van der Waals surface area contributed by atoms with Crippen molar-refractivity contribution in [2.45, 2.75) is 6.54 Å². The Labute approximate surface area is 92.8 Å². The van der Waals surface area contributed by atoms with Crippen molar-refractivity contribution < 1.29 is 22.4 Å². The Hall–Kier alpha value is -1.54. The van der Waals surface area contributed by atoms with Gasteiger partial charge in [-0.1, -0.05) is 4.68 Å². The number of amides is 1. The third-order valence-electron chi connectivity index (χ3n) is 1.83. The smallest absolute Gasteiger partial charge is 0.253 e. The first-order chi connectivity index (χ1) is 7.42. The highest BCUT2D eigenvalue weighted by molar-refractivity contribution is 7.85. The molecule has 0 aromatic carbocycles. The van der Waals surface area contributed by atoms with Crippen molar-refractivity contribution in [3.05, 3.63) is 24.0 Å². The summed E-state index contributed by atoms with van der Waals surface area (Å²) in [5.74, 6) is -0.805. The Balaban J connectivity index is 2.69. The summed E-state index contributed by atoms with van der Waals surface area (Å²) in [5.41, 5.74) is 0.365. The predicted octanol–water partition coefficient (Wildman–Crippen LogP) is -1.73. The molecule has 0 fully saturated rings. The molecule has 0 aliphatic rings. The highest BCUT2D eigenvalue weighted by Gasteiger charge is 2.09. The molecule has 0 unspecified atom stereocenters. The van der Waals surface area contributed by atoms with Crippen molar-refractivity contribution in [1.82, 2.24) is 10.4 Å². The second-order valence-electron chi connectivity index (χ2n) is 3.02. The number of carbonyl (C=O) groups excluding carboxylic acids is 1. The van der Waals surface area contributed by atoms with Crippen LogP contribution in [0.15, 0.2) is 18.5 Å². The quantitative estimate of drug-likeness (QED) is 0.501. The molecule has 0 atom stereocenters. The van der Waals surface area contributed by atoms with Gasteiger partial charge in [-0.05, 0) is 5.10 Å². The topological polar surface area (TPSA) is 103 Å². The van der Waals surface area contributed by atoms with Crippen molar-refractivity contribution in [3.63, 3.8) is 0 Å². The van der Waals surface area contributed by atoms with Gasteiger partial charge in [-0.25, -0.2) is 8.42 Å². The summed E-state index contributed by atoms with van der Waals surface area (Å²) >= 11 is 0. The molecule has 1 aromatic heterocycles. The average molecular weight is 245 g/mol. The van der Waals surface area contributed by atoms with E-state index in [4.69, 9.17) is 0 Å². The van der Waals surface area contributed by atoms with Gasteiger partial charge in [-0.2, -0.15) is 0 Å². The molecule has 0 saturated carbocycles. The van der Waals surface area contributed by atoms with Gasteiger partial charge >= 0.3 is 0 Å². The third-order valence-corrected chi connectivity index (χ3v) is 2.51. The standard InChI is InChI=1S/C8H11N3O4S/c1-9-8(12)7-2-3-11(10-6-7)4-5-16(13,14)15/h2-3,6H,4-5H2,1H3,(H-,9,12,13,14,15). The van der Waals surface area contributed by atoms with Crippen LogP contribution in [0.5, 0.6) is 0 Å². The lowest BCUT2D eigenvalue weighted by Crippen LogP contribution is -2.41. The molecule has 1 amide bonds. The first-order valence-corrected chi connectivity index (χ1v) is 6.01. The van der Waals surface area contributed by atoms with Crippen LogP contribution in [-0.2, 0) is 16.7 Å². The first-order valence-electron chi connectivity index (χ1n) is 4.44. The zero-order valence-corrected chi connectivity index (χ0v) is 9.40. The zero-order valence-electron chi connectivity index (χ0n) is 8.58. The van der Waals surface area contributed by atoms with Crippen molar-refractivity contribution in [2.75, 3.05) is 12.8 Å². The Bertz CT molecular complexity index is 469. The van der Waals surface area contributed by atoms with Crippen LogP contribution >= 0.6 is 0 Å². The fourth-order valence-electron chi connectivity index (χ4n) is 1.00. The Morgan fingerprint density at radius 3 is 2.75 bits per heavy atom. The molecule has 1 aromatic rings. The number of aryl methyl sites for hydroxylation is 1. The van der Waals surface area contributed by atoms with E-state index in [0.29, 0.717) is 5.56 Å². The maximum atomic E-state index is 11.1. The van der Waals surface area contributed by atoms with Gasteiger partial charge in [0.15, 0.2) is 12.7 Å². The SMILES string of the molecule is CNC(=O)c1cc[n+](CCS(=O)(=O)[O-])nc1. The van der Waals surface area contributed by atoms with Crippen LogP contribution in [0.3, 0.4) is 0 Å². The summed E-state index contributed by atoms with van der Waals surface area (Å²) in [6, 6.07) is 1.49. The van der Waals surface area contributed by atoms with E-state index in [1.165, 1.54) is 30.2 Å². The second kappa shape index (κ2) is 4.99. The third kappa shape index (κ3) is 3.91. The Kier molecular flexibility index (Phi) is 3.91. The molecule has 0 saturated heterocycles. The fourth-order valence-corrected chi connectivity index (χ4v) is 1.41. The maximum absolute atomic E-state index is 11.1. The number of carbonyl (C=O) groups is 1. The van der Waals surface area contributed by atoms with E-state index in [2.05, 4.69) is 10.4 Å². The van der Waals surface area contributed by atoms with Gasteiger partial charge in [0, 0.05) is 13.1 Å². The lowest BCUT2D eigenvalue weighted by Gasteiger charge is -2.02. The minimum absolute atomic E-state index is 0.0279. The van der Waals surface area contributed by atoms with E-state index >= 15 is 0 Å². The molecule has 1 heterocycles. The predicted molar refractivity (Wildman–Crippen MR) is 52.4 cm³/mol. The highest BCUT2D eigenvalue weighted by atomic mass is 32.2. The number of aromatic nitrogens is 2. The summed E-state index contributed by atoms with van der Waals surface area (Å²) in [6.45, 7) is -0.0279. The van der Waals surface area contributed by atoms with Crippen molar-refractivity contribution in [1.29, 1.82) is 0 Å². The van der Waals surface area contributed by atoms with Crippen LogP contribution in [0.2, 0.25) is 0 Å². The van der Waals surface area contributed by atoms with Crippen LogP contribution < -0.4 is 10.00 Å². The molecule has 88 valence electrons. The van der Waals surface area contributed by atoms with Gasteiger partial charge < -0.3 is 9.87 Å². The minimum Gasteiger partial charge on any atom is -0.748 e. The number of hydrogen-bond acceptors (Lipinski definition) is 5. The van der Waals surface area contributed by atoms with Crippen LogP contribution in [0.25, 0.3) is 0 Å². The van der Waals surface area contributed by atoms with Crippen LogP contribution in [0.1, 0.15) is 10.4 Å². The highest BCUT2D eigenvalue weighted by Crippen LogP contribution is 1.91. The molecule has 1 N–H and O–H groups in total. The fraction of sp³-hybridized carbons (Fsp3) is 0.375. The summed E-state index contributed by atoms with van der Waals surface area (Å²) in [5, 5.41) is 6.23. The monoisotopic (exact) mass is 245 g/mol. The maximum Gasteiger partial charge on any atom is 0.253 e. The molecule has 0 spiro atoms. The largest absolute Gasteiger partial charge is 0.748 e. The molecular weight excluding hydrogens is 234 g/mol. The van der Waals surface area contributed by atoms with E-state index in [1.54, 1.807) is 0 Å². The van der Waals surface area contributed by atoms with Gasteiger partial charge in [-0.15, -0.1) is 0 Å². The van der Waals surface area contributed by atoms with Crippen LogP contribution in [-0.4, -0.2) is 36.8 Å². The average Bonchev–Trinajstić information content (AvgIpc) is 2.25. The van der Waals surface area contributed by atoms with Crippen molar-refractivity contribution in [3.8, 4) is 0 Å². The molecule has 0 bridgehead atoms. The molecule has 7 nitrogen and oxygen atoms in total. The minimum atomic E-state index is -4.24. The van der Waals surface area contributed by atoms with Crippen LogP contribution in [0.4, 0.5) is 0 Å². The van der Waals surface area contributed by atoms with Gasteiger partial charge in [0.25, 0.3) is 5.91 Å². The molecule has 1 rings (SSSR count). The van der Waals surface area contributed by atoms with Gasteiger partial charge in [0.05, 0.1) is 11.3 Å². The second-order valence-corrected chi connectivity index (χ2v) is 4.54. The lowest BCUT2D eigenvalue weighted by molar-refractivity contribution is -0.750. The molecule has 0 aliphatic carbocycles. The number of hydrogen-bond donors (Lipinski definition) is 1. The summed E-state index contributed by atoms with van der Waals surface area (Å²) in [6.07, 6.45) is 2.74. The number of nitrogens with zero attached hydrogens (tertiary/aromatic N) is 2. The molecule has 16 heavy (non-hydrogen) atoms. The number of rotatable bonds is 4. The van der Waals surface area contributed by atoms with E-state index in [-0.39, 0.29) is 12.5 Å². The molecule has 0 radical (unpaired) electrons. The van der Waals surface area contributed by atoms with E-state index in [1.807, 2.05) is 0 Å². The Morgan fingerprint density at radius 2 is 2.31 bits per heavy atom. The van der Waals surface area contributed by atoms with Crippen LogP contribution in [0, 0.1) is 0 Å². The summed E-state index contributed by atoms with van der Waals surface area (Å²) in [7, 11) is -2.75. The lowest BCUT2D eigenvalue weighted by atomic mass is 10.3. The van der Waals surface area contributed by atoms with Gasteiger partial charge in [0.1, 0.15) is 16.3 Å². The number of nitrogens with one attached hydrogen (secondary N) is 1. The van der Waals surface area contributed by atoms with Crippen molar-refractivity contribution >= 4 is 16.0 Å². The summed E-state index contributed by atoms with van der Waals surface area (Å²) in [4.78, 5) is 11.1. The van der Waals surface area contributed by atoms with E-state index in [0.717, 1.165) is 0 Å². The van der Waals surface area contributed by atoms with E-state index in [9.17, 15) is 17.8 Å². The van der Waals surface area contributed by atoms with Gasteiger partial charge in [-0.3, -0.25) is 4.79 Å². The van der Waals surface area contributed by atoms with E-state index < -0.39 is 15.9 Å². The normalized spacial score (nSPS) is 11.1. The van der Waals surface area contributed by atoms with Gasteiger partial charge in [0.2, 0.25) is 0 Å². The molecule has 8 heteroatoms.